The van der Waals surface area contributed by atoms with Gasteiger partial charge in [-0.15, -0.1) is 0 Å². The summed E-state index contributed by atoms with van der Waals surface area (Å²) in [5.41, 5.74) is 1.07. The van der Waals surface area contributed by atoms with Gasteiger partial charge in [0.25, 0.3) is 0 Å². The summed E-state index contributed by atoms with van der Waals surface area (Å²) in [5, 5.41) is 6.07. The molecule has 3 rings (SSSR count). The second-order valence-corrected chi connectivity index (χ2v) is 6.77. The fourth-order valence-electron chi connectivity index (χ4n) is 2.35. The van der Waals surface area contributed by atoms with Gasteiger partial charge in [-0.25, -0.2) is 4.98 Å². The zero-order valence-corrected chi connectivity index (χ0v) is 13.7. The number of hydrogen-bond acceptors (Lipinski definition) is 4. The average molecular weight is 329 g/mol. The minimum absolute atomic E-state index is 0.0250. The summed E-state index contributed by atoms with van der Waals surface area (Å²) in [6, 6.07) is 9.32. The van der Waals surface area contributed by atoms with Crippen LogP contribution in [0.1, 0.15) is 26.2 Å². The van der Waals surface area contributed by atoms with Crippen LogP contribution >= 0.6 is 11.3 Å². The van der Waals surface area contributed by atoms with Crippen molar-refractivity contribution in [1.82, 2.24) is 10.3 Å². The highest BCUT2D eigenvalue weighted by atomic mass is 32.1. The van der Waals surface area contributed by atoms with Crippen molar-refractivity contribution in [1.29, 1.82) is 0 Å². The van der Waals surface area contributed by atoms with Crippen molar-refractivity contribution >= 4 is 28.3 Å². The van der Waals surface area contributed by atoms with Crippen molar-refractivity contribution in [2.75, 3.05) is 5.32 Å². The highest BCUT2D eigenvalue weighted by Gasteiger charge is 2.27. The largest absolute Gasteiger partial charge is 0.344 e. The number of carbonyl (C=O) groups excluding carboxylic acids is 2. The summed E-state index contributed by atoms with van der Waals surface area (Å²) in [4.78, 5) is 29.3. The van der Waals surface area contributed by atoms with Crippen LogP contribution in [-0.4, -0.2) is 22.8 Å². The lowest BCUT2D eigenvalue weighted by molar-refractivity contribution is -0.130. The summed E-state index contributed by atoms with van der Waals surface area (Å²) in [5.74, 6) is -0.190. The minimum atomic E-state index is -0.563. The molecule has 1 aliphatic rings. The van der Waals surface area contributed by atoms with Crippen LogP contribution in [0.3, 0.4) is 0 Å². The predicted octanol–water partition coefficient (Wildman–Crippen LogP) is 3.05. The van der Waals surface area contributed by atoms with E-state index in [4.69, 9.17) is 0 Å². The number of nitrogens with one attached hydrogen (secondary N) is 2. The second kappa shape index (κ2) is 6.91. The van der Waals surface area contributed by atoms with Gasteiger partial charge in [-0.1, -0.05) is 48.1 Å². The monoisotopic (exact) mass is 329 g/mol. The second-order valence-electron chi connectivity index (χ2n) is 5.74. The van der Waals surface area contributed by atoms with E-state index in [1.165, 1.54) is 11.3 Å². The quantitative estimate of drug-likeness (QED) is 0.885. The van der Waals surface area contributed by atoms with Gasteiger partial charge in [-0.05, 0) is 25.3 Å². The van der Waals surface area contributed by atoms with E-state index in [0.717, 1.165) is 29.7 Å². The molecule has 0 aliphatic heterocycles. The van der Waals surface area contributed by atoms with Crippen molar-refractivity contribution in [3.63, 3.8) is 0 Å². The van der Waals surface area contributed by atoms with Gasteiger partial charge in [0, 0.05) is 12.1 Å². The van der Waals surface area contributed by atoms with Crippen LogP contribution in [0.15, 0.2) is 36.5 Å². The van der Waals surface area contributed by atoms with Gasteiger partial charge in [0.1, 0.15) is 6.04 Å². The lowest BCUT2D eigenvalue weighted by atomic mass is 9.84. The molecule has 2 N–H and O–H groups in total. The molecule has 0 bridgehead atoms. The molecule has 2 aromatic rings. The molecule has 0 radical (unpaired) electrons. The van der Waals surface area contributed by atoms with E-state index in [0.29, 0.717) is 5.13 Å². The lowest BCUT2D eigenvalue weighted by Gasteiger charge is -2.25. The molecule has 0 unspecified atom stereocenters. The third-order valence-electron chi connectivity index (χ3n) is 4.02. The van der Waals surface area contributed by atoms with E-state index >= 15 is 0 Å². The molecule has 0 saturated heterocycles. The SMILES string of the molecule is C[C@H](NC(=O)C1CCC1)C(=O)Nc1ncc(-c2ccccc2)s1. The summed E-state index contributed by atoms with van der Waals surface area (Å²) in [7, 11) is 0. The molecule has 120 valence electrons. The number of amides is 2. The van der Waals surface area contributed by atoms with Crippen LogP contribution < -0.4 is 10.6 Å². The fraction of sp³-hybridized carbons (Fsp3) is 0.353. The summed E-state index contributed by atoms with van der Waals surface area (Å²) in [6.07, 6.45) is 4.69. The highest BCUT2D eigenvalue weighted by Crippen LogP contribution is 2.29. The van der Waals surface area contributed by atoms with Crippen molar-refractivity contribution in [2.24, 2.45) is 5.92 Å². The van der Waals surface area contributed by atoms with Crippen molar-refractivity contribution in [3.8, 4) is 10.4 Å². The molecule has 2 amide bonds. The Kier molecular flexibility index (Phi) is 4.71. The van der Waals surface area contributed by atoms with Gasteiger partial charge in [-0.2, -0.15) is 0 Å². The first kappa shape index (κ1) is 15.7. The summed E-state index contributed by atoms with van der Waals surface area (Å²) in [6.45, 7) is 1.69. The molecule has 23 heavy (non-hydrogen) atoms. The molecule has 1 fully saturated rings. The third-order valence-corrected chi connectivity index (χ3v) is 4.98. The molecular weight excluding hydrogens is 310 g/mol. The number of benzene rings is 1. The molecule has 1 aromatic carbocycles. The lowest BCUT2D eigenvalue weighted by Crippen LogP contribution is -2.45. The van der Waals surface area contributed by atoms with Crippen molar-refractivity contribution in [3.05, 3.63) is 36.5 Å². The van der Waals surface area contributed by atoms with Gasteiger partial charge >= 0.3 is 0 Å². The Hall–Kier alpha value is -2.21. The summed E-state index contributed by atoms with van der Waals surface area (Å²) < 4.78 is 0. The van der Waals surface area contributed by atoms with E-state index in [-0.39, 0.29) is 17.7 Å². The highest BCUT2D eigenvalue weighted by molar-refractivity contribution is 7.19. The molecule has 1 atom stereocenters. The van der Waals surface area contributed by atoms with E-state index in [9.17, 15) is 9.59 Å². The average Bonchev–Trinajstić information content (AvgIpc) is 2.94. The van der Waals surface area contributed by atoms with Crippen LogP contribution in [0.25, 0.3) is 10.4 Å². The van der Waals surface area contributed by atoms with Gasteiger partial charge in [0.05, 0.1) is 4.88 Å². The molecule has 0 spiro atoms. The first-order valence-corrected chi connectivity index (χ1v) is 8.57. The molecule has 1 saturated carbocycles. The topological polar surface area (TPSA) is 71.1 Å². The maximum absolute atomic E-state index is 12.2. The molecule has 1 aromatic heterocycles. The number of thiazole rings is 1. The summed E-state index contributed by atoms with van der Waals surface area (Å²) >= 11 is 1.42. The number of nitrogens with zero attached hydrogens (tertiary/aromatic N) is 1. The number of carbonyl (C=O) groups is 2. The van der Waals surface area contributed by atoms with Gasteiger partial charge in [-0.3, -0.25) is 9.59 Å². The standard InChI is InChI=1S/C17H19N3O2S/c1-11(19-16(22)13-8-5-9-13)15(21)20-17-18-10-14(23-17)12-6-3-2-4-7-12/h2-4,6-7,10-11,13H,5,8-9H2,1H3,(H,19,22)(H,18,20,21)/t11-/m0/s1. The Morgan fingerprint density at radius 3 is 2.65 bits per heavy atom. The Morgan fingerprint density at radius 2 is 2.00 bits per heavy atom. The fourth-order valence-corrected chi connectivity index (χ4v) is 3.17. The van der Waals surface area contributed by atoms with Crippen LogP contribution in [0.5, 0.6) is 0 Å². The Labute approximate surface area is 139 Å². The minimum Gasteiger partial charge on any atom is -0.344 e. The van der Waals surface area contributed by atoms with E-state index in [1.54, 1.807) is 13.1 Å². The molecule has 6 heteroatoms. The Balaban J connectivity index is 1.57. The maximum atomic E-state index is 12.2. The van der Waals surface area contributed by atoms with E-state index < -0.39 is 6.04 Å². The number of hydrogen-bond donors (Lipinski definition) is 2. The Bertz CT molecular complexity index is 695. The van der Waals surface area contributed by atoms with Gasteiger partial charge < -0.3 is 10.6 Å². The van der Waals surface area contributed by atoms with E-state index in [2.05, 4.69) is 15.6 Å². The van der Waals surface area contributed by atoms with Crippen molar-refractivity contribution in [2.45, 2.75) is 32.2 Å². The molecule has 5 nitrogen and oxygen atoms in total. The van der Waals surface area contributed by atoms with Gasteiger partial charge in [0.15, 0.2) is 5.13 Å². The predicted molar refractivity (Wildman–Crippen MR) is 91.1 cm³/mol. The van der Waals surface area contributed by atoms with Crippen LogP contribution in [0.2, 0.25) is 0 Å². The Morgan fingerprint density at radius 1 is 1.26 bits per heavy atom. The van der Waals surface area contributed by atoms with Crippen LogP contribution in [-0.2, 0) is 9.59 Å². The number of aromatic nitrogens is 1. The van der Waals surface area contributed by atoms with E-state index in [1.807, 2.05) is 30.3 Å². The zero-order chi connectivity index (χ0) is 16.2. The first-order valence-electron chi connectivity index (χ1n) is 7.76. The van der Waals surface area contributed by atoms with Crippen LogP contribution in [0, 0.1) is 5.92 Å². The number of rotatable bonds is 5. The molecule has 1 aliphatic carbocycles. The first-order chi connectivity index (χ1) is 11.1. The maximum Gasteiger partial charge on any atom is 0.248 e. The number of anilines is 1. The molecular formula is C17H19N3O2S. The normalized spacial score (nSPS) is 15.5. The molecule has 1 heterocycles. The van der Waals surface area contributed by atoms with Crippen LogP contribution in [0.4, 0.5) is 5.13 Å². The zero-order valence-electron chi connectivity index (χ0n) is 12.9. The van der Waals surface area contributed by atoms with Crippen molar-refractivity contribution < 1.29 is 9.59 Å². The smallest absolute Gasteiger partial charge is 0.248 e. The van der Waals surface area contributed by atoms with Gasteiger partial charge in [0.2, 0.25) is 11.8 Å². The third kappa shape index (κ3) is 3.76.